The molecule has 0 atom stereocenters. The van der Waals surface area contributed by atoms with Crippen LogP contribution < -0.4 is 10.2 Å². The van der Waals surface area contributed by atoms with Crippen LogP contribution in [0.3, 0.4) is 0 Å². The Morgan fingerprint density at radius 3 is 2.60 bits per heavy atom. The molecule has 0 aliphatic rings. The molecule has 0 spiro atoms. The normalized spacial score (nSPS) is 11.3. The van der Waals surface area contributed by atoms with Crippen LogP contribution in [-0.4, -0.2) is 24.5 Å². The number of ether oxygens (including phenoxy) is 1. The number of rotatable bonds is 7. The molecular weight excluding hydrogens is 400 g/mol. The van der Waals surface area contributed by atoms with Gasteiger partial charge in [0.25, 0.3) is 0 Å². The van der Waals surface area contributed by atoms with Crippen LogP contribution in [-0.2, 0) is 10.5 Å². The van der Waals surface area contributed by atoms with E-state index in [2.05, 4.69) is 57.6 Å². The molecule has 0 radical (unpaired) electrons. The minimum absolute atomic E-state index is 0.107. The van der Waals surface area contributed by atoms with E-state index in [1.807, 2.05) is 25.1 Å². The van der Waals surface area contributed by atoms with Gasteiger partial charge in [0, 0.05) is 5.75 Å². The van der Waals surface area contributed by atoms with Crippen molar-refractivity contribution < 1.29 is 9.53 Å². The van der Waals surface area contributed by atoms with Crippen molar-refractivity contribution in [3.8, 4) is 5.75 Å². The van der Waals surface area contributed by atoms with Gasteiger partial charge in [0.1, 0.15) is 5.75 Å². The summed E-state index contributed by atoms with van der Waals surface area (Å²) in [7, 11) is 1.62. The fourth-order valence-electron chi connectivity index (χ4n) is 2.08. The Morgan fingerprint density at radius 1 is 1.24 bits per heavy atom. The summed E-state index contributed by atoms with van der Waals surface area (Å²) in [6.07, 6.45) is 0. The third kappa shape index (κ3) is 6.21. The molecule has 132 valence electrons. The SMILES string of the molecule is COc1ccc(/C(C)=N\NC(=O)CSCc2ccc(C)cc2)cc1Br. The topological polar surface area (TPSA) is 50.7 Å². The van der Waals surface area contributed by atoms with Crippen LogP contribution in [0.2, 0.25) is 0 Å². The second kappa shape index (κ2) is 9.63. The number of benzene rings is 2. The Hall–Kier alpha value is -1.79. The van der Waals surface area contributed by atoms with E-state index in [9.17, 15) is 4.79 Å². The highest BCUT2D eigenvalue weighted by Gasteiger charge is 2.05. The molecule has 2 aromatic rings. The van der Waals surface area contributed by atoms with Crippen molar-refractivity contribution in [1.29, 1.82) is 0 Å². The molecule has 1 N–H and O–H groups in total. The zero-order valence-corrected chi connectivity index (χ0v) is 16.9. The number of nitrogens with one attached hydrogen (secondary N) is 1. The minimum atomic E-state index is -0.107. The maximum atomic E-state index is 11.9. The largest absolute Gasteiger partial charge is 0.496 e. The van der Waals surface area contributed by atoms with E-state index in [1.54, 1.807) is 18.9 Å². The van der Waals surface area contributed by atoms with Crippen LogP contribution in [0.15, 0.2) is 52.0 Å². The van der Waals surface area contributed by atoms with Crippen molar-refractivity contribution in [2.24, 2.45) is 5.10 Å². The lowest BCUT2D eigenvalue weighted by atomic mass is 10.1. The Kier molecular flexibility index (Phi) is 7.52. The van der Waals surface area contributed by atoms with Gasteiger partial charge in [-0.3, -0.25) is 4.79 Å². The van der Waals surface area contributed by atoms with Crippen molar-refractivity contribution in [3.05, 3.63) is 63.6 Å². The molecule has 2 rings (SSSR count). The Bertz CT molecular complexity index is 761. The average Bonchev–Trinajstić information content (AvgIpc) is 2.61. The highest BCUT2D eigenvalue weighted by molar-refractivity contribution is 9.10. The molecule has 0 aromatic heterocycles. The molecular formula is C19H21BrN2O2S. The standard InChI is InChI=1S/C19H21BrN2O2S/c1-13-4-6-15(7-5-13)11-25-12-19(23)22-21-14(2)16-8-9-18(24-3)17(20)10-16/h4-10H,11-12H2,1-3H3,(H,22,23)/b21-14-. The predicted octanol–water partition coefficient (Wildman–Crippen LogP) is 4.54. The van der Waals surface area contributed by atoms with Gasteiger partial charge in [-0.15, -0.1) is 11.8 Å². The molecule has 1 amide bonds. The van der Waals surface area contributed by atoms with E-state index >= 15 is 0 Å². The average molecular weight is 421 g/mol. The quantitative estimate of drug-likeness (QED) is 0.528. The highest BCUT2D eigenvalue weighted by Crippen LogP contribution is 2.25. The van der Waals surface area contributed by atoms with Gasteiger partial charge in [0.2, 0.25) is 5.91 Å². The molecule has 0 saturated heterocycles. The van der Waals surface area contributed by atoms with Crippen molar-refractivity contribution in [3.63, 3.8) is 0 Å². The van der Waals surface area contributed by atoms with Crippen LogP contribution in [0, 0.1) is 6.92 Å². The van der Waals surface area contributed by atoms with Gasteiger partial charge in [-0.05, 0) is 59.1 Å². The van der Waals surface area contributed by atoms with Gasteiger partial charge in [-0.1, -0.05) is 29.8 Å². The van der Waals surface area contributed by atoms with E-state index < -0.39 is 0 Å². The number of thioether (sulfide) groups is 1. The highest BCUT2D eigenvalue weighted by atomic mass is 79.9. The summed E-state index contributed by atoms with van der Waals surface area (Å²) in [4.78, 5) is 11.9. The van der Waals surface area contributed by atoms with Gasteiger partial charge in [0.15, 0.2) is 0 Å². The fourth-order valence-corrected chi connectivity index (χ4v) is 3.40. The Labute approximate surface area is 161 Å². The van der Waals surface area contributed by atoms with E-state index in [0.717, 1.165) is 27.3 Å². The lowest BCUT2D eigenvalue weighted by Gasteiger charge is -2.07. The van der Waals surface area contributed by atoms with Crippen molar-refractivity contribution in [2.45, 2.75) is 19.6 Å². The molecule has 0 unspecified atom stereocenters. The molecule has 0 heterocycles. The third-order valence-electron chi connectivity index (χ3n) is 3.54. The molecule has 0 fully saturated rings. The van der Waals surface area contributed by atoms with Gasteiger partial charge < -0.3 is 4.74 Å². The van der Waals surface area contributed by atoms with Crippen LogP contribution in [0.4, 0.5) is 0 Å². The second-order valence-corrected chi connectivity index (χ2v) is 7.40. The van der Waals surface area contributed by atoms with E-state index in [-0.39, 0.29) is 5.91 Å². The zero-order chi connectivity index (χ0) is 18.2. The number of carbonyl (C=O) groups excluding carboxylic acids is 1. The predicted molar refractivity (Wildman–Crippen MR) is 108 cm³/mol. The number of hydrogen-bond acceptors (Lipinski definition) is 4. The number of carbonyl (C=O) groups is 1. The van der Waals surface area contributed by atoms with E-state index in [1.165, 1.54) is 11.1 Å². The van der Waals surface area contributed by atoms with Gasteiger partial charge in [-0.2, -0.15) is 5.10 Å². The number of aryl methyl sites for hydroxylation is 1. The summed E-state index contributed by atoms with van der Waals surface area (Å²) in [5.41, 5.74) is 6.71. The molecule has 25 heavy (non-hydrogen) atoms. The number of halogens is 1. The summed E-state index contributed by atoms with van der Waals surface area (Å²) in [6, 6.07) is 14.0. The molecule has 0 aliphatic carbocycles. The molecule has 0 saturated carbocycles. The van der Waals surface area contributed by atoms with E-state index in [4.69, 9.17) is 4.74 Å². The first-order chi connectivity index (χ1) is 12.0. The van der Waals surface area contributed by atoms with Crippen molar-refractivity contribution >= 4 is 39.3 Å². The number of hydrazone groups is 1. The molecule has 0 bridgehead atoms. The molecule has 2 aromatic carbocycles. The zero-order valence-electron chi connectivity index (χ0n) is 14.5. The fraction of sp³-hybridized carbons (Fsp3) is 0.263. The lowest BCUT2D eigenvalue weighted by Crippen LogP contribution is -2.21. The summed E-state index contributed by atoms with van der Waals surface area (Å²) >= 11 is 5.02. The third-order valence-corrected chi connectivity index (χ3v) is 5.16. The molecule has 6 heteroatoms. The van der Waals surface area contributed by atoms with Crippen molar-refractivity contribution in [1.82, 2.24) is 5.43 Å². The van der Waals surface area contributed by atoms with Crippen LogP contribution >= 0.6 is 27.7 Å². The first-order valence-electron chi connectivity index (χ1n) is 7.80. The maximum Gasteiger partial charge on any atom is 0.250 e. The number of methoxy groups -OCH3 is 1. The monoisotopic (exact) mass is 420 g/mol. The van der Waals surface area contributed by atoms with Crippen LogP contribution in [0.25, 0.3) is 0 Å². The summed E-state index contributed by atoms with van der Waals surface area (Å²) in [6.45, 7) is 3.92. The Morgan fingerprint density at radius 2 is 1.96 bits per heavy atom. The Balaban J connectivity index is 1.82. The molecule has 4 nitrogen and oxygen atoms in total. The first kappa shape index (κ1) is 19.5. The van der Waals surface area contributed by atoms with Crippen LogP contribution in [0.1, 0.15) is 23.6 Å². The summed E-state index contributed by atoms with van der Waals surface area (Å²) in [5, 5.41) is 4.17. The maximum absolute atomic E-state index is 11.9. The second-order valence-electron chi connectivity index (χ2n) is 5.56. The van der Waals surface area contributed by atoms with Gasteiger partial charge in [0.05, 0.1) is 23.0 Å². The first-order valence-corrected chi connectivity index (χ1v) is 9.74. The number of nitrogens with zero attached hydrogens (tertiary/aromatic N) is 1. The van der Waals surface area contributed by atoms with E-state index in [0.29, 0.717) is 5.75 Å². The number of amides is 1. The van der Waals surface area contributed by atoms with Gasteiger partial charge >= 0.3 is 0 Å². The summed E-state index contributed by atoms with van der Waals surface area (Å²) in [5.74, 6) is 1.83. The van der Waals surface area contributed by atoms with Crippen LogP contribution in [0.5, 0.6) is 5.75 Å². The van der Waals surface area contributed by atoms with Crippen molar-refractivity contribution in [2.75, 3.05) is 12.9 Å². The number of hydrogen-bond donors (Lipinski definition) is 1. The smallest absolute Gasteiger partial charge is 0.250 e. The van der Waals surface area contributed by atoms with Gasteiger partial charge in [-0.25, -0.2) is 5.43 Å². The lowest BCUT2D eigenvalue weighted by molar-refractivity contribution is -0.118. The minimum Gasteiger partial charge on any atom is -0.496 e. The molecule has 0 aliphatic heterocycles. The summed E-state index contributed by atoms with van der Waals surface area (Å²) < 4.78 is 6.06.